The number of benzene rings is 2. The highest BCUT2D eigenvalue weighted by molar-refractivity contribution is 6.31. The lowest BCUT2D eigenvalue weighted by atomic mass is 10.1. The zero-order valence-corrected chi connectivity index (χ0v) is 16.2. The van der Waals surface area contributed by atoms with Crippen molar-refractivity contribution in [1.29, 1.82) is 0 Å². The van der Waals surface area contributed by atoms with Crippen LogP contribution in [0.3, 0.4) is 0 Å². The van der Waals surface area contributed by atoms with E-state index in [0.29, 0.717) is 48.8 Å². The molecule has 142 valence electrons. The molecule has 2 aromatic carbocycles. The van der Waals surface area contributed by atoms with Crippen molar-refractivity contribution in [1.82, 2.24) is 4.90 Å². The molecular weight excluding hydrogens is 378 g/mol. The number of anilines is 1. The molecule has 0 heterocycles. The van der Waals surface area contributed by atoms with Crippen molar-refractivity contribution >= 4 is 35.6 Å². The van der Waals surface area contributed by atoms with E-state index in [-0.39, 0.29) is 18.3 Å². The molecule has 4 nitrogen and oxygen atoms in total. The average molecular weight is 401 g/mol. The number of carbonyl (C=O) groups excluding carboxylic acids is 1. The van der Waals surface area contributed by atoms with Crippen molar-refractivity contribution in [2.45, 2.75) is 19.4 Å². The summed E-state index contributed by atoms with van der Waals surface area (Å²) in [5.74, 6) is -0.427. The molecule has 0 saturated carbocycles. The molecule has 0 fully saturated rings. The Kier molecular flexibility index (Phi) is 9.41. The second-order valence-corrected chi connectivity index (χ2v) is 6.15. The van der Waals surface area contributed by atoms with E-state index in [2.05, 4.69) is 0 Å². The van der Waals surface area contributed by atoms with Crippen molar-refractivity contribution in [3.05, 3.63) is 64.4 Å². The number of hydrogen-bond donors (Lipinski definition) is 1. The third kappa shape index (κ3) is 6.48. The second kappa shape index (κ2) is 11.0. The number of ether oxygens (including phenoxy) is 1. The largest absolute Gasteiger partial charge is 0.399 e. The Hall–Kier alpha value is -1.82. The summed E-state index contributed by atoms with van der Waals surface area (Å²) in [4.78, 5) is 14.3. The second-order valence-electron chi connectivity index (χ2n) is 5.74. The van der Waals surface area contributed by atoms with Crippen molar-refractivity contribution < 1.29 is 13.9 Å². The van der Waals surface area contributed by atoms with Gasteiger partial charge in [0, 0.05) is 37.3 Å². The zero-order valence-electron chi connectivity index (χ0n) is 14.6. The third-order valence-corrected chi connectivity index (χ3v) is 4.31. The summed E-state index contributed by atoms with van der Waals surface area (Å²) in [6.07, 6.45) is 0.892. The first kappa shape index (κ1) is 22.2. The van der Waals surface area contributed by atoms with Gasteiger partial charge in [0.15, 0.2) is 0 Å². The van der Waals surface area contributed by atoms with Crippen LogP contribution in [0.25, 0.3) is 0 Å². The van der Waals surface area contributed by atoms with Gasteiger partial charge in [-0.3, -0.25) is 4.79 Å². The lowest BCUT2D eigenvalue weighted by molar-refractivity contribution is -0.132. The average Bonchev–Trinajstić information content (AvgIpc) is 2.59. The van der Waals surface area contributed by atoms with Gasteiger partial charge < -0.3 is 15.4 Å². The highest BCUT2D eigenvalue weighted by Crippen LogP contribution is 2.20. The van der Waals surface area contributed by atoms with Crippen molar-refractivity contribution in [3.63, 3.8) is 0 Å². The minimum absolute atomic E-state index is 0. The zero-order chi connectivity index (χ0) is 18.2. The maximum absolute atomic E-state index is 13.2. The first-order valence-corrected chi connectivity index (χ1v) is 8.43. The van der Waals surface area contributed by atoms with E-state index in [1.54, 1.807) is 18.1 Å². The van der Waals surface area contributed by atoms with Gasteiger partial charge in [0.2, 0.25) is 5.91 Å². The Morgan fingerprint density at radius 3 is 2.62 bits per heavy atom. The summed E-state index contributed by atoms with van der Waals surface area (Å²) >= 11 is 6.08. The molecule has 1 amide bonds. The first-order chi connectivity index (χ1) is 12.0. The smallest absolute Gasteiger partial charge is 0.223 e. The van der Waals surface area contributed by atoms with Crippen LogP contribution in [0.5, 0.6) is 0 Å². The molecule has 0 spiro atoms. The lowest BCUT2D eigenvalue weighted by Gasteiger charge is -2.23. The van der Waals surface area contributed by atoms with E-state index in [1.807, 2.05) is 24.3 Å². The minimum atomic E-state index is -0.400. The standard InChI is InChI=1S/C19H22ClFN2O2.ClH/c1-25-11-10-23(13-15-6-8-16(21)12-17(15)20)19(24)9-7-14-4-2-3-5-18(14)22;/h2-6,8,12H,7,9-11,13,22H2,1H3;1H. The SMILES string of the molecule is COCCN(Cc1ccc(F)cc1Cl)C(=O)CCc1ccccc1N.Cl. The molecule has 0 aromatic heterocycles. The van der Waals surface area contributed by atoms with Gasteiger partial charge in [-0.05, 0) is 35.7 Å². The predicted octanol–water partition coefficient (Wildman–Crippen LogP) is 4.09. The fourth-order valence-electron chi connectivity index (χ4n) is 2.51. The van der Waals surface area contributed by atoms with Crippen LogP contribution in [0.2, 0.25) is 5.02 Å². The molecular formula is C19H23Cl2FN2O2. The number of carbonyl (C=O) groups is 1. The molecule has 0 unspecified atom stereocenters. The number of nitrogen functional groups attached to an aromatic ring is 1. The van der Waals surface area contributed by atoms with E-state index in [4.69, 9.17) is 22.1 Å². The highest BCUT2D eigenvalue weighted by Gasteiger charge is 2.16. The van der Waals surface area contributed by atoms with Crippen molar-refractivity contribution in [2.75, 3.05) is 26.0 Å². The molecule has 0 aliphatic heterocycles. The van der Waals surface area contributed by atoms with Gasteiger partial charge in [0.1, 0.15) is 5.82 Å². The van der Waals surface area contributed by atoms with Crippen LogP contribution in [0.15, 0.2) is 42.5 Å². The molecule has 2 N–H and O–H groups in total. The number of methoxy groups -OCH3 is 1. The van der Waals surface area contributed by atoms with Gasteiger partial charge in [-0.25, -0.2) is 4.39 Å². The normalized spacial score (nSPS) is 10.3. The summed E-state index contributed by atoms with van der Waals surface area (Å²) in [6, 6.07) is 11.7. The van der Waals surface area contributed by atoms with Gasteiger partial charge in [0.05, 0.1) is 6.61 Å². The topological polar surface area (TPSA) is 55.6 Å². The van der Waals surface area contributed by atoms with E-state index in [9.17, 15) is 9.18 Å². The number of hydrogen-bond acceptors (Lipinski definition) is 3. The number of nitrogens with zero attached hydrogens (tertiary/aromatic N) is 1. The molecule has 0 aliphatic rings. The Morgan fingerprint density at radius 1 is 1.23 bits per heavy atom. The van der Waals surface area contributed by atoms with Crippen LogP contribution in [0, 0.1) is 5.82 Å². The summed E-state index contributed by atoms with van der Waals surface area (Å²) in [5.41, 5.74) is 8.25. The fourth-order valence-corrected chi connectivity index (χ4v) is 2.74. The Bertz CT molecular complexity index is 728. The van der Waals surface area contributed by atoms with Crippen molar-refractivity contribution in [2.24, 2.45) is 0 Å². The van der Waals surface area contributed by atoms with Gasteiger partial charge in [-0.1, -0.05) is 35.9 Å². The van der Waals surface area contributed by atoms with Gasteiger partial charge in [-0.2, -0.15) is 0 Å². The maximum atomic E-state index is 13.2. The van der Waals surface area contributed by atoms with Crippen LogP contribution in [0.4, 0.5) is 10.1 Å². The van der Waals surface area contributed by atoms with Crippen LogP contribution in [-0.2, 0) is 22.5 Å². The van der Waals surface area contributed by atoms with Crippen LogP contribution in [-0.4, -0.2) is 31.1 Å². The number of nitrogens with two attached hydrogens (primary N) is 1. The molecule has 0 radical (unpaired) electrons. The summed E-state index contributed by atoms with van der Waals surface area (Å²) in [7, 11) is 1.58. The predicted molar refractivity (Wildman–Crippen MR) is 105 cm³/mol. The molecule has 0 atom stereocenters. The first-order valence-electron chi connectivity index (χ1n) is 8.05. The number of para-hydroxylation sites is 1. The Morgan fingerprint density at radius 2 is 1.96 bits per heavy atom. The van der Waals surface area contributed by atoms with Gasteiger partial charge in [-0.15, -0.1) is 12.4 Å². The molecule has 0 bridgehead atoms. The van der Waals surface area contributed by atoms with Crippen LogP contribution in [0.1, 0.15) is 17.5 Å². The summed E-state index contributed by atoms with van der Waals surface area (Å²) < 4.78 is 18.3. The van der Waals surface area contributed by atoms with E-state index in [1.165, 1.54) is 12.1 Å². The van der Waals surface area contributed by atoms with Crippen molar-refractivity contribution in [3.8, 4) is 0 Å². The summed E-state index contributed by atoms with van der Waals surface area (Å²) in [5, 5.41) is 0.308. The van der Waals surface area contributed by atoms with E-state index >= 15 is 0 Å². The van der Waals surface area contributed by atoms with Gasteiger partial charge >= 0.3 is 0 Å². The quantitative estimate of drug-likeness (QED) is 0.678. The molecule has 2 rings (SSSR count). The molecule has 0 aliphatic carbocycles. The highest BCUT2D eigenvalue weighted by atomic mass is 35.5. The van der Waals surface area contributed by atoms with Crippen LogP contribution >= 0.6 is 24.0 Å². The van der Waals surface area contributed by atoms with E-state index in [0.717, 1.165) is 5.56 Å². The van der Waals surface area contributed by atoms with E-state index < -0.39 is 5.82 Å². The molecule has 7 heteroatoms. The Labute approximate surface area is 164 Å². The van der Waals surface area contributed by atoms with Gasteiger partial charge in [0.25, 0.3) is 0 Å². The summed E-state index contributed by atoms with van der Waals surface area (Å²) in [6.45, 7) is 1.16. The lowest BCUT2D eigenvalue weighted by Crippen LogP contribution is -2.33. The number of aryl methyl sites for hydroxylation is 1. The third-order valence-electron chi connectivity index (χ3n) is 3.96. The monoisotopic (exact) mass is 400 g/mol. The maximum Gasteiger partial charge on any atom is 0.223 e. The molecule has 2 aromatic rings. The number of rotatable bonds is 8. The molecule has 0 saturated heterocycles. The molecule has 26 heavy (non-hydrogen) atoms. The Balaban J connectivity index is 0.00000338. The minimum Gasteiger partial charge on any atom is -0.399 e. The number of halogens is 3. The fraction of sp³-hybridized carbons (Fsp3) is 0.316. The van der Waals surface area contributed by atoms with Crippen LogP contribution < -0.4 is 5.73 Å². The number of amides is 1.